The SMILES string of the molecule is Fc1ccc(C=Cc2nc(COc3ccc(CCCCI)cc3)co2)c(F)c1. The van der Waals surface area contributed by atoms with E-state index in [2.05, 4.69) is 39.7 Å². The Kier molecular flexibility index (Phi) is 7.59. The number of unbranched alkanes of at least 4 members (excludes halogenated alkanes) is 1. The zero-order valence-electron chi connectivity index (χ0n) is 15.2. The van der Waals surface area contributed by atoms with E-state index in [-0.39, 0.29) is 12.2 Å². The summed E-state index contributed by atoms with van der Waals surface area (Å²) < 4.78 is 38.8. The van der Waals surface area contributed by atoms with Crippen molar-refractivity contribution in [1.29, 1.82) is 0 Å². The van der Waals surface area contributed by atoms with Crippen molar-refractivity contribution in [2.45, 2.75) is 25.9 Å². The van der Waals surface area contributed by atoms with Gasteiger partial charge in [-0.2, -0.15) is 0 Å². The van der Waals surface area contributed by atoms with Gasteiger partial charge in [0.15, 0.2) is 0 Å². The molecule has 0 radical (unpaired) electrons. The van der Waals surface area contributed by atoms with Gasteiger partial charge in [0.05, 0.1) is 0 Å². The summed E-state index contributed by atoms with van der Waals surface area (Å²) in [6.45, 7) is 0.274. The van der Waals surface area contributed by atoms with Crippen LogP contribution in [0.5, 0.6) is 5.75 Å². The standard InChI is InChI=1S/C22H20F2INO2/c23-18-8-6-17(21(24)13-18)7-11-22-26-19(15-28-22)14-27-20-9-4-16(5-10-20)3-1-2-12-25/h4-11,13,15H,1-3,12,14H2. The van der Waals surface area contributed by atoms with Gasteiger partial charge in [-0.25, -0.2) is 13.8 Å². The van der Waals surface area contributed by atoms with Crippen molar-refractivity contribution in [2.24, 2.45) is 0 Å². The third-order valence-corrected chi connectivity index (χ3v) is 4.86. The lowest BCUT2D eigenvalue weighted by molar-refractivity contribution is 0.301. The Hall–Kier alpha value is -2.22. The van der Waals surface area contributed by atoms with Crippen LogP contribution in [-0.4, -0.2) is 9.41 Å². The topological polar surface area (TPSA) is 35.3 Å². The van der Waals surface area contributed by atoms with Crippen LogP contribution < -0.4 is 4.74 Å². The highest BCUT2D eigenvalue weighted by atomic mass is 127. The number of ether oxygens (including phenoxy) is 1. The summed E-state index contributed by atoms with van der Waals surface area (Å²) in [7, 11) is 0. The molecule has 0 saturated heterocycles. The monoisotopic (exact) mass is 495 g/mol. The molecule has 0 unspecified atom stereocenters. The van der Waals surface area contributed by atoms with Gasteiger partial charge in [0.2, 0.25) is 5.89 Å². The first-order valence-electron chi connectivity index (χ1n) is 8.99. The van der Waals surface area contributed by atoms with Crippen molar-refractivity contribution in [3.8, 4) is 5.75 Å². The second-order valence-corrected chi connectivity index (χ2v) is 7.33. The minimum Gasteiger partial charge on any atom is -0.487 e. The van der Waals surface area contributed by atoms with Crippen LogP contribution in [0.15, 0.2) is 53.1 Å². The predicted molar refractivity (Wildman–Crippen MR) is 114 cm³/mol. The second kappa shape index (κ2) is 10.4. The van der Waals surface area contributed by atoms with Crippen LogP contribution in [0, 0.1) is 11.6 Å². The van der Waals surface area contributed by atoms with Gasteiger partial charge in [0.1, 0.15) is 35.9 Å². The molecule has 0 bridgehead atoms. The van der Waals surface area contributed by atoms with Gasteiger partial charge < -0.3 is 9.15 Å². The average Bonchev–Trinajstić information content (AvgIpc) is 3.15. The third-order valence-electron chi connectivity index (χ3n) is 4.10. The number of hydrogen-bond donors (Lipinski definition) is 0. The lowest BCUT2D eigenvalue weighted by Crippen LogP contribution is -1.96. The minimum atomic E-state index is -0.635. The molecule has 1 heterocycles. The van der Waals surface area contributed by atoms with Crippen molar-refractivity contribution in [3.63, 3.8) is 0 Å². The Bertz CT molecular complexity index is 923. The normalized spacial score (nSPS) is 11.2. The maximum absolute atomic E-state index is 13.6. The van der Waals surface area contributed by atoms with Gasteiger partial charge in [-0.3, -0.25) is 0 Å². The summed E-state index contributed by atoms with van der Waals surface area (Å²) in [5, 5.41) is 0. The molecule has 0 fully saturated rings. The number of rotatable bonds is 9. The van der Waals surface area contributed by atoms with E-state index in [0.717, 1.165) is 18.2 Å². The molecule has 3 aromatic rings. The summed E-state index contributed by atoms with van der Waals surface area (Å²) >= 11 is 2.40. The van der Waals surface area contributed by atoms with E-state index in [0.29, 0.717) is 11.6 Å². The molecule has 28 heavy (non-hydrogen) atoms. The molecule has 0 saturated carbocycles. The van der Waals surface area contributed by atoms with E-state index in [1.807, 2.05) is 12.1 Å². The number of aromatic nitrogens is 1. The quantitative estimate of drug-likeness (QED) is 0.194. The molecular weight excluding hydrogens is 475 g/mol. The second-order valence-electron chi connectivity index (χ2n) is 6.25. The largest absolute Gasteiger partial charge is 0.487 e. The molecule has 1 aromatic heterocycles. The molecule has 6 heteroatoms. The summed E-state index contributed by atoms with van der Waals surface area (Å²) in [4.78, 5) is 4.28. The molecule has 2 aromatic carbocycles. The fourth-order valence-electron chi connectivity index (χ4n) is 2.60. The van der Waals surface area contributed by atoms with Crippen LogP contribution in [-0.2, 0) is 13.0 Å². The van der Waals surface area contributed by atoms with Crippen molar-refractivity contribution >= 4 is 34.7 Å². The first-order chi connectivity index (χ1) is 13.6. The van der Waals surface area contributed by atoms with Crippen LogP contribution in [0.1, 0.15) is 35.6 Å². The van der Waals surface area contributed by atoms with Crippen LogP contribution >= 0.6 is 22.6 Å². The molecule has 146 valence electrons. The molecule has 0 aliphatic heterocycles. The van der Waals surface area contributed by atoms with Gasteiger partial charge in [0.25, 0.3) is 0 Å². The molecule has 0 amide bonds. The molecule has 0 aliphatic rings. The van der Waals surface area contributed by atoms with E-state index in [1.165, 1.54) is 53.4 Å². The predicted octanol–water partition coefficient (Wildman–Crippen LogP) is 6.46. The Balaban J connectivity index is 1.52. The Labute approximate surface area is 176 Å². The van der Waals surface area contributed by atoms with Crippen LogP contribution in [0.25, 0.3) is 12.2 Å². The summed E-state index contributed by atoms with van der Waals surface area (Å²) in [5.41, 5.74) is 2.19. The van der Waals surface area contributed by atoms with Gasteiger partial charge in [0, 0.05) is 17.7 Å². The zero-order valence-corrected chi connectivity index (χ0v) is 17.4. The van der Waals surface area contributed by atoms with Crippen LogP contribution in [0.3, 0.4) is 0 Å². The zero-order chi connectivity index (χ0) is 19.8. The Morgan fingerprint density at radius 1 is 1.04 bits per heavy atom. The van der Waals surface area contributed by atoms with E-state index in [9.17, 15) is 8.78 Å². The highest BCUT2D eigenvalue weighted by molar-refractivity contribution is 14.1. The van der Waals surface area contributed by atoms with Crippen molar-refractivity contribution in [1.82, 2.24) is 4.98 Å². The Morgan fingerprint density at radius 3 is 2.61 bits per heavy atom. The highest BCUT2D eigenvalue weighted by Crippen LogP contribution is 2.17. The molecule has 0 aliphatic carbocycles. The van der Waals surface area contributed by atoms with E-state index < -0.39 is 11.6 Å². The van der Waals surface area contributed by atoms with Crippen molar-refractivity contribution in [3.05, 3.63) is 83.1 Å². The summed E-state index contributed by atoms with van der Waals surface area (Å²) in [5.74, 6) is -0.151. The molecule has 0 spiro atoms. The number of nitrogens with zero attached hydrogens (tertiary/aromatic N) is 1. The number of benzene rings is 2. The van der Waals surface area contributed by atoms with Gasteiger partial charge in [-0.15, -0.1) is 0 Å². The highest BCUT2D eigenvalue weighted by Gasteiger charge is 2.05. The van der Waals surface area contributed by atoms with E-state index >= 15 is 0 Å². The van der Waals surface area contributed by atoms with E-state index in [1.54, 1.807) is 0 Å². The van der Waals surface area contributed by atoms with E-state index in [4.69, 9.17) is 9.15 Å². The lowest BCUT2D eigenvalue weighted by Gasteiger charge is -2.05. The fourth-order valence-corrected chi connectivity index (χ4v) is 3.14. The number of halogens is 3. The number of aryl methyl sites for hydroxylation is 1. The molecule has 0 atom stereocenters. The summed E-state index contributed by atoms with van der Waals surface area (Å²) in [6.07, 6.45) is 8.03. The first-order valence-corrected chi connectivity index (χ1v) is 10.5. The maximum atomic E-state index is 13.6. The lowest BCUT2D eigenvalue weighted by atomic mass is 10.1. The Morgan fingerprint density at radius 2 is 1.86 bits per heavy atom. The van der Waals surface area contributed by atoms with Crippen LogP contribution in [0.4, 0.5) is 8.78 Å². The molecule has 0 N–H and O–H groups in total. The van der Waals surface area contributed by atoms with Gasteiger partial charge >= 0.3 is 0 Å². The fraction of sp³-hybridized carbons (Fsp3) is 0.227. The number of hydrogen-bond acceptors (Lipinski definition) is 3. The summed E-state index contributed by atoms with van der Waals surface area (Å²) in [6, 6.07) is 11.5. The van der Waals surface area contributed by atoms with Gasteiger partial charge in [-0.05, 0) is 59.6 Å². The van der Waals surface area contributed by atoms with Crippen molar-refractivity contribution in [2.75, 3.05) is 4.43 Å². The smallest absolute Gasteiger partial charge is 0.218 e. The first kappa shape index (κ1) is 20.5. The number of oxazole rings is 1. The molecule has 3 nitrogen and oxygen atoms in total. The molecule has 3 rings (SSSR count). The average molecular weight is 495 g/mol. The molecular formula is C22H20F2INO2. The minimum absolute atomic E-state index is 0.260. The van der Waals surface area contributed by atoms with Crippen LogP contribution in [0.2, 0.25) is 0 Å². The number of alkyl halides is 1. The maximum Gasteiger partial charge on any atom is 0.218 e. The van der Waals surface area contributed by atoms with Gasteiger partial charge in [-0.1, -0.05) is 34.7 Å². The third kappa shape index (κ3) is 6.15. The van der Waals surface area contributed by atoms with Crippen molar-refractivity contribution < 1.29 is 17.9 Å².